The number of piperidine rings is 1. The second-order valence-electron chi connectivity index (χ2n) is 6.89. The number of hydrogen-bond acceptors (Lipinski definition) is 3. The van der Waals surface area contributed by atoms with Gasteiger partial charge in [-0.05, 0) is 12.8 Å². The number of amides is 2. The number of hydrogen-bond donors (Lipinski definition) is 0. The maximum atomic E-state index is 12.9. The lowest BCUT2D eigenvalue weighted by Gasteiger charge is -2.34. The first-order valence-corrected chi connectivity index (χ1v) is 8.30. The van der Waals surface area contributed by atoms with Gasteiger partial charge in [0.1, 0.15) is 5.82 Å². The van der Waals surface area contributed by atoms with Crippen molar-refractivity contribution in [2.24, 2.45) is 13.0 Å². The monoisotopic (exact) mass is 358 g/mol. The molecule has 2 unspecified atom stereocenters. The molecule has 0 saturated carbocycles. The first-order valence-electron chi connectivity index (χ1n) is 8.30. The summed E-state index contributed by atoms with van der Waals surface area (Å²) in [5.74, 6) is -0.375. The van der Waals surface area contributed by atoms with Gasteiger partial charge in [-0.15, -0.1) is 0 Å². The summed E-state index contributed by atoms with van der Waals surface area (Å²) >= 11 is 0. The first-order chi connectivity index (χ1) is 11.7. The second kappa shape index (κ2) is 6.34. The van der Waals surface area contributed by atoms with E-state index in [2.05, 4.69) is 4.98 Å². The lowest BCUT2D eigenvalue weighted by molar-refractivity contribution is -0.141. The van der Waals surface area contributed by atoms with E-state index in [1.807, 2.05) is 0 Å². The highest BCUT2D eigenvalue weighted by molar-refractivity contribution is 5.89. The molecule has 3 heterocycles. The molecule has 6 nitrogen and oxygen atoms in total. The lowest BCUT2D eigenvalue weighted by Crippen LogP contribution is -2.43. The van der Waals surface area contributed by atoms with Gasteiger partial charge in [0.15, 0.2) is 5.69 Å². The molecule has 0 aromatic carbocycles. The van der Waals surface area contributed by atoms with Crippen LogP contribution in [0.2, 0.25) is 0 Å². The number of aryl methyl sites for hydroxylation is 1. The molecule has 0 radical (unpaired) electrons. The van der Waals surface area contributed by atoms with Crippen LogP contribution in [0.15, 0.2) is 6.20 Å². The van der Waals surface area contributed by atoms with Gasteiger partial charge in [-0.3, -0.25) is 9.59 Å². The van der Waals surface area contributed by atoms with Crippen LogP contribution in [-0.2, 0) is 22.8 Å². The molecule has 138 valence electrons. The highest BCUT2D eigenvalue weighted by Gasteiger charge is 2.39. The van der Waals surface area contributed by atoms with E-state index < -0.39 is 11.9 Å². The third kappa shape index (κ3) is 3.50. The standard InChI is InChI=1S/C16H21F3N4O2/c1-21-7-11(6-13(21)24)15(25)23-5-3-4-10(8-23)14-20-12(9-22(14)2)16(17,18)19/h9-11H,3-8H2,1-2H3. The molecule has 25 heavy (non-hydrogen) atoms. The van der Waals surface area contributed by atoms with Crippen molar-refractivity contribution in [2.45, 2.75) is 31.4 Å². The number of carbonyl (C=O) groups excluding carboxylic acids is 2. The molecule has 2 aliphatic rings. The second-order valence-corrected chi connectivity index (χ2v) is 6.89. The third-order valence-corrected chi connectivity index (χ3v) is 4.99. The topological polar surface area (TPSA) is 58.4 Å². The van der Waals surface area contributed by atoms with E-state index in [1.165, 1.54) is 4.57 Å². The third-order valence-electron chi connectivity index (χ3n) is 4.99. The molecule has 0 N–H and O–H groups in total. The summed E-state index contributed by atoms with van der Waals surface area (Å²) < 4.78 is 40.0. The van der Waals surface area contributed by atoms with Gasteiger partial charge >= 0.3 is 6.18 Å². The molecular weight excluding hydrogens is 337 g/mol. The van der Waals surface area contributed by atoms with Crippen molar-refractivity contribution in [2.75, 3.05) is 26.7 Å². The van der Waals surface area contributed by atoms with Gasteiger partial charge in [-0.1, -0.05) is 0 Å². The zero-order valence-corrected chi connectivity index (χ0v) is 14.2. The van der Waals surface area contributed by atoms with E-state index in [0.717, 1.165) is 6.20 Å². The van der Waals surface area contributed by atoms with Crippen LogP contribution in [0.1, 0.15) is 36.7 Å². The molecule has 2 saturated heterocycles. The van der Waals surface area contributed by atoms with Gasteiger partial charge in [0.25, 0.3) is 0 Å². The van der Waals surface area contributed by atoms with Crippen molar-refractivity contribution in [3.63, 3.8) is 0 Å². The Labute approximate surface area is 143 Å². The minimum Gasteiger partial charge on any atom is -0.345 e. The van der Waals surface area contributed by atoms with Crippen LogP contribution in [0.25, 0.3) is 0 Å². The molecule has 2 fully saturated rings. The fourth-order valence-electron chi connectivity index (χ4n) is 3.67. The molecule has 2 aliphatic heterocycles. The summed E-state index contributed by atoms with van der Waals surface area (Å²) in [6.07, 6.45) is -1.89. The Morgan fingerprint density at radius 2 is 2.00 bits per heavy atom. The van der Waals surface area contributed by atoms with E-state index in [4.69, 9.17) is 0 Å². The smallest absolute Gasteiger partial charge is 0.345 e. The summed E-state index contributed by atoms with van der Waals surface area (Å²) in [6, 6.07) is 0. The van der Waals surface area contributed by atoms with Gasteiger partial charge in [-0.25, -0.2) is 4.98 Å². The van der Waals surface area contributed by atoms with Crippen molar-refractivity contribution in [3.8, 4) is 0 Å². The Morgan fingerprint density at radius 1 is 1.28 bits per heavy atom. The predicted molar refractivity (Wildman–Crippen MR) is 82.5 cm³/mol. The summed E-state index contributed by atoms with van der Waals surface area (Å²) in [5.41, 5.74) is -0.906. The van der Waals surface area contributed by atoms with E-state index in [0.29, 0.717) is 38.3 Å². The van der Waals surface area contributed by atoms with Crippen LogP contribution in [-0.4, -0.2) is 57.8 Å². The summed E-state index contributed by atoms with van der Waals surface area (Å²) in [7, 11) is 3.21. The highest BCUT2D eigenvalue weighted by atomic mass is 19.4. The summed E-state index contributed by atoms with van der Waals surface area (Å²) in [4.78, 5) is 31.3. The van der Waals surface area contributed by atoms with Crippen LogP contribution >= 0.6 is 0 Å². The molecule has 0 bridgehead atoms. The van der Waals surface area contributed by atoms with Crippen LogP contribution in [0.3, 0.4) is 0 Å². The Kier molecular flexibility index (Phi) is 4.51. The van der Waals surface area contributed by atoms with Crippen molar-refractivity contribution in [3.05, 3.63) is 17.7 Å². The fourth-order valence-corrected chi connectivity index (χ4v) is 3.67. The van der Waals surface area contributed by atoms with Crippen molar-refractivity contribution >= 4 is 11.8 Å². The zero-order chi connectivity index (χ0) is 18.4. The Hall–Kier alpha value is -2.06. The van der Waals surface area contributed by atoms with E-state index in [9.17, 15) is 22.8 Å². The Bertz CT molecular complexity index is 685. The first kappa shape index (κ1) is 17.8. The number of carbonyl (C=O) groups is 2. The van der Waals surface area contributed by atoms with E-state index >= 15 is 0 Å². The predicted octanol–water partition coefficient (Wildman–Crippen LogP) is 1.62. The number of alkyl halides is 3. The molecule has 3 rings (SSSR count). The van der Waals surface area contributed by atoms with Gasteiger partial charge in [-0.2, -0.15) is 13.2 Å². The number of likely N-dealkylation sites (tertiary alicyclic amines) is 2. The minimum absolute atomic E-state index is 0.0502. The molecule has 1 aromatic heterocycles. The largest absolute Gasteiger partial charge is 0.434 e. The maximum absolute atomic E-state index is 12.9. The van der Waals surface area contributed by atoms with Gasteiger partial charge in [0, 0.05) is 52.3 Å². The molecule has 2 amide bonds. The normalized spacial score (nSPS) is 24.9. The zero-order valence-electron chi connectivity index (χ0n) is 14.2. The van der Waals surface area contributed by atoms with Crippen LogP contribution in [0.4, 0.5) is 13.2 Å². The van der Waals surface area contributed by atoms with Crippen molar-refractivity contribution in [1.82, 2.24) is 19.4 Å². The lowest BCUT2D eigenvalue weighted by atomic mass is 9.95. The van der Waals surface area contributed by atoms with Crippen molar-refractivity contribution < 1.29 is 22.8 Å². The average Bonchev–Trinajstić information content (AvgIpc) is 3.10. The number of imidazole rings is 1. The Balaban J connectivity index is 1.72. The summed E-state index contributed by atoms with van der Waals surface area (Å²) in [5, 5.41) is 0. The number of aromatic nitrogens is 2. The minimum atomic E-state index is -4.48. The van der Waals surface area contributed by atoms with Crippen LogP contribution in [0, 0.1) is 5.92 Å². The molecule has 1 aromatic rings. The SMILES string of the molecule is CN1CC(C(=O)N2CCCC(c3nc(C(F)(F)F)cn3C)C2)CC1=O. The van der Waals surface area contributed by atoms with E-state index in [-0.39, 0.29) is 30.1 Å². The number of nitrogens with zero attached hydrogens (tertiary/aromatic N) is 4. The Morgan fingerprint density at radius 3 is 2.56 bits per heavy atom. The van der Waals surface area contributed by atoms with E-state index in [1.54, 1.807) is 23.9 Å². The number of rotatable bonds is 2. The average molecular weight is 358 g/mol. The maximum Gasteiger partial charge on any atom is 0.434 e. The quantitative estimate of drug-likeness (QED) is 0.807. The fraction of sp³-hybridized carbons (Fsp3) is 0.688. The highest BCUT2D eigenvalue weighted by Crippen LogP contribution is 2.33. The van der Waals surface area contributed by atoms with Gasteiger partial charge < -0.3 is 14.4 Å². The van der Waals surface area contributed by atoms with Crippen LogP contribution < -0.4 is 0 Å². The van der Waals surface area contributed by atoms with Crippen LogP contribution in [0.5, 0.6) is 0 Å². The molecule has 2 atom stereocenters. The molecule has 0 spiro atoms. The van der Waals surface area contributed by atoms with Crippen molar-refractivity contribution in [1.29, 1.82) is 0 Å². The van der Waals surface area contributed by atoms with Gasteiger partial charge in [0.2, 0.25) is 11.8 Å². The molecule has 9 heteroatoms. The molecular formula is C16H21F3N4O2. The summed E-state index contributed by atoms with van der Waals surface area (Å²) in [6.45, 7) is 1.31. The van der Waals surface area contributed by atoms with Gasteiger partial charge in [0.05, 0.1) is 5.92 Å². The number of halogens is 3. The molecule has 0 aliphatic carbocycles.